The summed E-state index contributed by atoms with van der Waals surface area (Å²) in [5.41, 5.74) is 2.07. The van der Waals surface area contributed by atoms with Crippen molar-refractivity contribution in [1.82, 2.24) is 14.9 Å². The van der Waals surface area contributed by atoms with E-state index in [2.05, 4.69) is 10.3 Å². The number of imidazole rings is 1. The SMILES string of the molecule is COc1ccc(CCNC(=O)CSc2nccn2-c2cccc(Cl)c2)cc1. The lowest BCUT2D eigenvalue weighted by molar-refractivity contribution is -0.118. The molecular formula is C20H20ClN3O2S. The molecule has 0 aliphatic rings. The van der Waals surface area contributed by atoms with E-state index < -0.39 is 0 Å². The van der Waals surface area contributed by atoms with E-state index in [0.29, 0.717) is 17.3 Å². The average molecular weight is 402 g/mol. The van der Waals surface area contributed by atoms with E-state index in [1.807, 2.05) is 59.3 Å². The third-order valence-electron chi connectivity index (χ3n) is 3.92. The van der Waals surface area contributed by atoms with Gasteiger partial charge >= 0.3 is 0 Å². The van der Waals surface area contributed by atoms with E-state index in [0.717, 1.165) is 28.6 Å². The van der Waals surface area contributed by atoms with Gasteiger partial charge in [-0.05, 0) is 42.3 Å². The highest BCUT2D eigenvalue weighted by molar-refractivity contribution is 7.99. The van der Waals surface area contributed by atoms with Crippen molar-refractivity contribution in [3.8, 4) is 11.4 Å². The molecule has 0 radical (unpaired) electrons. The second kappa shape index (κ2) is 9.48. The molecule has 0 atom stereocenters. The van der Waals surface area contributed by atoms with Gasteiger partial charge in [0.05, 0.1) is 12.9 Å². The van der Waals surface area contributed by atoms with Crippen LogP contribution >= 0.6 is 23.4 Å². The lowest BCUT2D eigenvalue weighted by atomic mass is 10.1. The lowest BCUT2D eigenvalue weighted by Crippen LogP contribution is -2.27. The van der Waals surface area contributed by atoms with E-state index in [4.69, 9.17) is 16.3 Å². The fourth-order valence-electron chi connectivity index (χ4n) is 2.54. The standard InChI is InChI=1S/C20H20ClN3O2S/c1-26-18-7-5-15(6-8-18)9-10-22-19(25)14-27-20-23-11-12-24(20)17-4-2-3-16(21)13-17/h2-8,11-13H,9-10,14H2,1H3,(H,22,25). The summed E-state index contributed by atoms with van der Waals surface area (Å²) in [5, 5.41) is 4.35. The number of methoxy groups -OCH3 is 1. The average Bonchev–Trinajstić information content (AvgIpc) is 3.15. The van der Waals surface area contributed by atoms with Gasteiger partial charge in [-0.3, -0.25) is 9.36 Å². The van der Waals surface area contributed by atoms with Gasteiger partial charge < -0.3 is 10.1 Å². The van der Waals surface area contributed by atoms with Crippen molar-refractivity contribution >= 4 is 29.3 Å². The first-order valence-electron chi connectivity index (χ1n) is 8.47. The fraction of sp³-hybridized carbons (Fsp3) is 0.200. The van der Waals surface area contributed by atoms with Crippen LogP contribution in [-0.4, -0.2) is 34.9 Å². The molecule has 140 valence electrons. The maximum absolute atomic E-state index is 12.1. The third-order valence-corrected chi connectivity index (χ3v) is 5.12. The van der Waals surface area contributed by atoms with Gasteiger partial charge in [-0.2, -0.15) is 0 Å². The van der Waals surface area contributed by atoms with E-state index >= 15 is 0 Å². The Hall–Kier alpha value is -2.44. The molecule has 0 unspecified atom stereocenters. The van der Waals surface area contributed by atoms with Crippen molar-refractivity contribution < 1.29 is 9.53 Å². The summed E-state index contributed by atoms with van der Waals surface area (Å²) >= 11 is 7.45. The van der Waals surface area contributed by atoms with Crippen LogP contribution in [0.2, 0.25) is 5.02 Å². The van der Waals surface area contributed by atoms with Crippen LogP contribution in [0, 0.1) is 0 Å². The minimum atomic E-state index is -0.0193. The molecular weight excluding hydrogens is 382 g/mol. The number of aromatic nitrogens is 2. The first-order chi connectivity index (χ1) is 13.2. The van der Waals surface area contributed by atoms with E-state index in [1.54, 1.807) is 13.3 Å². The molecule has 2 aromatic carbocycles. The number of carbonyl (C=O) groups excluding carboxylic acids is 1. The maximum atomic E-state index is 12.1. The molecule has 1 amide bonds. The molecule has 1 heterocycles. The molecule has 0 spiro atoms. The zero-order valence-corrected chi connectivity index (χ0v) is 16.5. The molecule has 3 rings (SSSR count). The number of nitrogens with zero attached hydrogens (tertiary/aromatic N) is 2. The Morgan fingerprint density at radius 1 is 1.26 bits per heavy atom. The summed E-state index contributed by atoms with van der Waals surface area (Å²) in [5.74, 6) is 1.11. The number of amides is 1. The minimum Gasteiger partial charge on any atom is -0.497 e. The molecule has 27 heavy (non-hydrogen) atoms. The van der Waals surface area contributed by atoms with Gasteiger partial charge in [0.25, 0.3) is 0 Å². The number of hydrogen-bond acceptors (Lipinski definition) is 4. The number of carbonyl (C=O) groups is 1. The summed E-state index contributed by atoms with van der Waals surface area (Å²) in [6.45, 7) is 0.592. The van der Waals surface area contributed by atoms with Crippen LogP contribution in [0.4, 0.5) is 0 Å². The molecule has 0 aliphatic heterocycles. The van der Waals surface area contributed by atoms with Crippen LogP contribution in [0.1, 0.15) is 5.56 Å². The van der Waals surface area contributed by atoms with Crippen molar-refractivity contribution in [2.75, 3.05) is 19.4 Å². The topological polar surface area (TPSA) is 56.1 Å². The summed E-state index contributed by atoms with van der Waals surface area (Å²) in [4.78, 5) is 16.5. The second-order valence-corrected chi connectivity index (χ2v) is 7.18. The Morgan fingerprint density at radius 2 is 2.07 bits per heavy atom. The Labute approximate surface area is 167 Å². The number of benzene rings is 2. The Bertz CT molecular complexity index is 896. The highest BCUT2D eigenvalue weighted by Crippen LogP contribution is 2.22. The quantitative estimate of drug-likeness (QED) is 0.580. The minimum absolute atomic E-state index is 0.0193. The molecule has 0 aliphatic carbocycles. The first kappa shape index (κ1) is 19.3. The molecule has 5 nitrogen and oxygen atoms in total. The second-order valence-electron chi connectivity index (χ2n) is 5.80. The van der Waals surface area contributed by atoms with Gasteiger partial charge in [0, 0.05) is 29.6 Å². The van der Waals surface area contributed by atoms with E-state index in [1.165, 1.54) is 11.8 Å². The molecule has 1 aromatic heterocycles. The first-order valence-corrected chi connectivity index (χ1v) is 9.84. The smallest absolute Gasteiger partial charge is 0.230 e. The number of nitrogens with one attached hydrogen (secondary N) is 1. The monoisotopic (exact) mass is 401 g/mol. The zero-order valence-electron chi connectivity index (χ0n) is 14.9. The predicted octanol–water partition coefficient (Wildman–Crippen LogP) is 3.99. The van der Waals surface area contributed by atoms with Crippen molar-refractivity contribution in [2.24, 2.45) is 0 Å². The Morgan fingerprint density at radius 3 is 2.81 bits per heavy atom. The highest BCUT2D eigenvalue weighted by atomic mass is 35.5. The zero-order chi connectivity index (χ0) is 19.1. The molecule has 1 N–H and O–H groups in total. The number of ether oxygens (including phenoxy) is 1. The van der Waals surface area contributed by atoms with Gasteiger partial charge in [-0.25, -0.2) is 4.98 Å². The summed E-state index contributed by atoms with van der Waals surface area (Å²) in [6.07, 6.45) is 4.35. The molecule has 0 bridgehead atoms. The molecule has 7 heteroatoms. The normalized spacial score (nSPS) is 10.6. The van der Waals surface area contributed by atoms with Gasteiger partial charge in [0.15, 0.2) is 5.16 Å². The van der Waals surface area contributed by atoms with Crippen molar-refractivity contribution in [3.05, 3.63) is 71.5 Å². The summed E-state index contributed by atoms with van der Waals surface area (Å²) in [6, 6.07) is 15.4. The van der Waals surface area contributed by atoms with Crippen LogP contribution in [0.15, 0.2) is 66.1 Å². The molecule has 0 saturated carbocycles. The summed E-state index contributed by atoms with van der Waals surface area (Å²) in [7, 11) is 1.64. The maximum Gasteiger partial charge on any atom is 0.230 e. The predicted molar refractivity (Wildman–Crippen MR) is 109 cm³/mol. The number of halogens is 1. The molecule has 0 saturated heterocycles. The van der Waals surface area contributed by atoms with Gasteiger partial charge in [-0.1, -0.05) is 41.6 Å². The molecule has 0 fully saturated rings. The fourth-order valence-corrected chi connectivity index (χ4v) is 3.53. The van der Waals surface area contributed by atoms with E-state index in [-0.39, 0.29) is 5.91 Å². The van der Waals surface area contributed by atoms with Crippen molar-refractivity contribution in [2.45, 2.75) is 11.6 Å². The Balaban J connectivity index is 1.47. The Kier molecular flexibility index (Phi) is 6.79. The number of thioether (sulfide) groups is 1. The lowest BCUT2D eigenvalue weighted by Gasteiger charge is -2.08. The van der Waals surface area contributed by atoms with Crippen LogP contribution in [0.25, 0.3) is 5.69 Å². The third kappa shape index (κ3) is 5.52. The van der Waals surface area contributed by atoms with Crippen molar-refractivity contribution in [3.63, 3.8) is 0 Å². The largest absolute Gasteiger partial charge is 0.497 e. The van der Waals surface area contributed by atoms with Crippen LogP contribution < -0.4 is 10.1 Å². The van der Waals surface area contributed by atoms with Gasteiger partial charge in [0.1, 0.15) is 5.75 Å². The van der Waals surface area contributed by atoms with Crippen molar-refractivity contribution in [1.29, 1.82) is 0 Å². The van der Waals surface area contributed by atoms with E-state index in [9.17, 15) is 4.79 Å². The van der Waals surface area contributed by atoms with Crippen LogP contribution in [0.3, 0.4) is 0 Å². The van der Waals surface area contributed by atoms with Crippen LogP contribution in [-0.2, 0) is 11.2 Å². The van der Waals surface area contributed by atoms with Gasteiger partial charge in [0.2, 0.25) is 5.91 Å². The number of rotatable bonds is 8. The van der Waals surface area contributed by atoms with Gasteiger partial charge in [-0.15, -0.1) is 0 Å². The highest BCUT2D eigenvalue weighted by Gasteiger charge is 2.09. The number of hydrogen-bond donors (Lipinski definition) is 1. The summed E-state index contributed by atoms with van der Waals surface area (Å²) < 4.78 is 7.06. The molecule has 3 aromatic rings. The van der Waals surface area contributed by atoms with Crippen LogP contribution in [0.5, 0.6) is 5.75 Å².